The van der Waals surface area contributed by atoms with Gasteiger partial charge in [0.05, 0.1) is 11.2 Å². The number of hydrogen-bond donors (Lipinski definition) is 0. The third kappa shape index (κ3) is 3.04. The first kappa shape index (κ1) is 15.0. The number of nitrogens with zero attached hydrogens (tertiary/aromatic N) is 2. The maximum absolute atomic E-state index is 5.98. The maximum Gasteiger partial charge on any atom is 0.162 e. The molecule has 1 heterocycles. The second-order valence-corrected chi connectivity index (χ2v) is 7.62. The second-order valence-electron chi connectivity index (χ2n) is 7.62. The quantitative estimate of drug-likeness (QED) is 0.754. The summed E-state index contributed by atoms with van der Waals surface area (Å²) in [5.41, 5.74) is 2.20. The summed E-state index contributed by atoms with van der Waals surface area (Å²) < 4.78 is 0. The van der Waals surface area contributed by atoms with Crippen LogP contribution in [0.5, 0.6) is 0 Å². The molecule has 1 unspecified atom stereocenters. The van der Waals surface area contributed by atoms with Crippen LogP contribution in [0, 0.1) is 12.3 Å². The van der Waals surface area contributed by atoms with Crippen molar-refractivity contribution >= 4 is 11.5 Å². The Balaban J connectivity index is 2.33. The van der Waals surface area contributed by atoms with Crippen LogP contribution >= 0.6 is 0 Å². The van der Waals surface area contributed by atoms with Gasteiger partial charge in [0.1, 0.15) is 6.10 Å². The molecule has 0 N–H and O–H groups in total. The van der Waals surface area contributed by atoms with E-state index in [4.69, 9.17) is 9.83 Å². The summed E-state index contributed by atoms with van der Waals surface area (Å²) in [6, 6.07) is 8.29. The van der Waals surface area contributed by atoms with Crippen molar-refractivity contribution in [2.24, 2.45) is 10.4 Å². The zero-order valence-electron chi connectivity index (χ0n) is 13.7. The first-order chi connectivity index (χ1) is 9.09. The Morgan fingerprint density at radius 3 is 2.00 bits per heavy atom. The number of aliphatic imine (C=N–C) groups is 1. The van der Waals surface area contributed by atoms with Gasteiger partial charge in [-0.3, -0.25) is 4.84 Å². The molecule has 110 valence electrons. The summed E-state index contributed by atoms with van der Waals surface area (Å²) in [4.78, 5) is 10.8. The first-order valence-corrected chi connectivity index (χ1v) is 7.21. The fourth-order valence-corrected chi connectivity index (χ4v) is 2.17. The lowest BCUT2D eigenvalue weighted by Crippen LogP contribution is -2.65. The van der Waals surface area contributed by atoms with Gasteiger partial charge in [0.15, 0.2) is 5.84 Å². The van der Waals surface area contributed by atoms with Gasteiger partial charge in [-0.15, -0.1) is 0 Å². The van der Waals surface area contributed by atoms with Crippen LogP contribution in [0.2, 0.25) is 0 Å². The number of rotatable bonds is 1. The number of hydroxylamine groups is 2. The molecule has 1 aliphatic rings. The van der Waals surface area contributed by atoms with Crippen molar-refractivity contribution in [2.75, 3.05) is 0 Å². The van der Waals surface area contributed by atoms with E-state index >= 15 is 0 Å². The molecule has 0 spiro atoms. The zero-order chi connectivity index (χ0) is 15.1. The van der Waals surface area contributed by atoms with Gasteiger partial charge in [0.25, 0.3) is 0 Å². The molecule has 0 amide bonds. The van der Waals surface area contributed by atoms with Gasteiger partial charge in [-0.05, 0) is 45.2 Å². The van der Waals surface area contributed by atoms with Crippen LogP contribution in [-0.2, 0) is 4.84 Å². The highest BCUT2D eigenvalue weighted by atomic mass is 16.7. The van der Waals surface area contributed by atoms with E-state index in [2.05, 4.69) is 72.7 Å². The third-order valence-corrected chi connectivity index (χ3v) is 3.33. The average molecular weight is 274 g/mol. The van der Waals surface area contributed by atoms with Gasteiger partial charge in [-0.2, -0.15) is 0 Å². The van der Waals surface area contributed by atoms with Crippen LogP contribution in [0.4, 0.5) is 5.69 Å². The maximum atomic E-state index is 5.98. The van der Waals surface area contributed by atoms with Crippen molar-refractivity contribution in [2.45, 2.75) is 60.1 Å². The summed E-state index contributed by atoms with van der Waals surface area (Å²) in [6.07, 6.45) is 0.0445. The topological polar surface area (TPSA) is 24.8 Å². The molecule has 20 heavy (non-hydrogen) atoms. The van der Waals surface area contributed by atoms with Crippen molar-refractivity contribution in [1.82, 2.24) is 5.06 Å². The Kier molecular flexibility index (Phi) is 3.67. The molecule has 0 aliphatic carbocycles. The van der Waals surface area contributed by atoms with Crippen LogP contribution in [0.25, 0.3) is 0 Å². The molecule has 1 fully saturated rings. The van der Waals surface area contributed by atoms with E-state index in [0.717, 1.165) is 11.5 Å². The summed E-state index contributed by atoms with van der Waals surface area (Å²) in [5.74, 6) is 1.02. The monoisotopic (exact) mass is 274 g/mol. The van der Waals surface area contributed by atoms with Gasteiger partial charge in [0, 0.05) is 0 Å². The van der Waals surface area contributed by atoms with E-state index in [1.54, 1.807) is 0 Å². The van der Waals surface area contributed by atoms with E-state index in [9.17, 15) is 0 Å². The number of benzene rings is 1. The Morgan fingerprint density at radius 1 is 1.00 bits per heavy atom. The minimum absolute atomic E-state index is 0.0445. The number of amidine groups is 1. The molecular formula is C17H26N2O. The fraction of sp³-hybridized carbons (Fsp3) is 0.588. The van der Waals surface area contributed by atoms with Crippen LogP contribution in [-0.4, -0.2) is 22.5 Å². The van der Waals surface area contributed by atoms with Crippen molar-refractivity contribution in [3.8, 4) is 0 Å². The van der Waals surface area contributed by atoms with Gasteiger partial charge in [0.2, 0.25) is 0 Å². The third-order valence-electron chi connectivity index (χ3n) is 3.33. The first-order valence-electron chi connectivity index (χ1n) is 7.21. The molecular weight excluding hydrogens is 248 g/mol. The van der Waals surface area contributed by atoms with Crippen LogP contribution < -0.4 is 0 Å². The Morgan fingerprint density at radius 2 is 1.55 bits per heavy atom. The fourth-order valence-electron chi connectivity index (χ4n) is 2.17. The zero-order valence-corrected chi connectivity index (χ0v) is 13.7. The van der Waals surface area contributed by atoms with Crippen molar-refractivity contribution in [3.63, 3.8) is 0 Å². The summed E-state index contributed by atoms with van der Waals surface area (Å²) >= 11 is 0. The van der Waals surface area contributed by atoms with Crippen molar-refractivity contribution < 1.29 is 4.84 Å². The van der Waals surface area contributed by atoms with E-state index in [1.807, 2.05) is 5.06 Å². The van der Waals surface area contributed by atoms with Crippen molar-refractivity contribution in [1.29, 1.82) is 0 Å². The van der Waals surface area contributed by atoms with Crippen molar-refractivity contribution in [3.05, 3.63) is 29.8 Å². The summed E-state index contributed by atoms with van der Waals surface area (Å²) in [5, 5.41) is 1.93. The SMILES string of the molecule is Cc1ccc(N=C2C(C(C)(C)C)ON2C(C)(C)C)cc1. The molecule has 1 aromatic rings. The number of hydrogen-bond acceptors (Lipinski definition) is 2. The highest BCUT2D eigenvalue weighted by Crippen LogP contribution is 2.37. The highest BCUT2D eigenvalue weighted by molar-refractivity contribution is 5.92. The minimum Gasteiger partial charge on any atom is -0.260 e. The van der Waals surface area contributed by atoms with Gasteiger partial charge in [-0.1, -0.05) is 38.5 Å². The predicted molar refractivity (Wildman–Crippen MR) is 84.2 cm³/mol. The molecule has 3 heteroatoms. The Hall–Kier alpha value is -1.35. The minimum atomic E-state index is -0.0781. The second kappa shape index (κ2) is 4.88. The number of aryl methyl sites for hydroxylation is 1. The molecule has 1 saturated heterocycles. The van der Waals surface area contributed by atoms with Crippen LogP contribution in [0.1, 0.15) is 47.1 Å². The standard InChI is InChI=1S/C17H26N2O/c1-12-8-10-13(11-9-12)18-15-14(16(2,3)4)20-19(15)17(5,6)7/h8-11,14H,1-7H3. The van der Waals surface area contributed by atoms with Crippen LogP contribution in [0.15, 0.2) is 29.3 Å². The molecule has 2 rings (SSSR count). The molecule has 0 bridgehead atoms. The lowest BCUT2D eigenvalue weighted by Gasteiger charge is -2.52. The van der Waals surface area contributed by atoms with E-state index in [-0.39, 0.29) is 17.1 Å². The molecule has 0 saturated carbocycles. The Labute approximate surface area is 122 Å². The van der Waals surface area contributed by atoms with E-state index < -0.39 is 0 Å². The smallest absolute Gasteiger partial charge is 0.162 e. The van der Waals surface area contributed by atoms with E-state index in [1.165, 1.54) is 5.56 Å². The molecule has 1 aromatic carbocycles. The van der Waals surface area contributed by atoms with Gasteiger partial charge >= 0.3 is 0 Å². The molecule has 1 atom stereocenters. The predicted octanol–water partition coefficient (Wildman–Crippen LogP) is 4.49. The lowest BCUT2D eigenvalue weighted by molar-refractivity contribution is -0.255. The summed E-state index contributed by atoms with van der Waals surface area (Å²) in [7, 11) is 0. The lowest BCUT2D eigenvalue weighted by atomic mass is 9.85. The average Bonchev–Trinajstić information content (AvgIpc) is 2.22. The van der Waals surface area contributed by atoms with E-state index in [0.29, 0.717) is 0 Å². The normalized spacial score (nSPS) is 22.1. The molecule has 0 aromatic heterocycles. The largest absolute Gasteiger partial charge is 0.260 e. The van der Waals surface area contributed by atoms with Gasteiger partial charge in [-0.25, -0.2) is 10.1 Å². The highest BCUT2D eigenvalue weighted by Gasteiger charge is 2.48. The van der Waals surface area contributed by atoms with Crippen LogP contribution in [0.3, 0.4) is 0 Å². The summed E-state index contributed by atoms with van der Waals surface area (Å²) in [6.45, 7) is 15.0. The molecule has 1 aliphatic heterocycles. The van der Waals surface area contributed by atoms with Gasteiger partial charge < -0.3 is 0 Å². The Bertz CT molecular complexity index is 481. The molecule has 3 nitrogen and oxygen atoms in total. The molecule has 0 radical (unpaired) electrons.